The fourth-order valence-corrected chi connectivity index (χ4v) is 3.66. The Morgan fingerprint density at radius 3 is 2.62 bits per heavy atom. The van der Waals surface area contributed by atoms with Gasteiger partial charge in [0, 0.05) is 30.9 Å². The Morgan fingerprint density at radius 2 is 1.91 bits per heavy atom. The van der Waals surface area contributed by atoms with Crippen molar-refractivity contribution in [2.45, 2.75) is 26.9 Å². The smallest absolute Gasteiger partial charge is 0.255 e. The van der Waals surface area contributed by atoms with E-state index in [4.69, 9.17) is 14.0 Å². The summed E-state index contributed by atoms with van der Waals surface area (Å²) in [4.78, 5) is 15.1. The van der Waals surface area contributed by atoms with Crippen LogP contribution in [0.4, 0.5) is 5.69 Å². The summed E-state index contributed by atoms with van der Waals surface area (Å²) in [5, 5.41) is 6.90. The van der Waals surface area contributed by atoms with Crippen LogP contribution in [0.5, 0.6) is 5.75 Å². The number of carbonyl (C=O) groups is 1. The number of nitrogens with one attached hydrogen (secondary N) is 1. The van der Waals surface area contributed by atoms with Gasteiger partial charge in [0.1, 0.15) is 18.1 Å². The molecule has 168 valence electrons. The molecule has 1 N–H and O–H groups in total. The molecule has 0 atom stereocenters. The quantitative estimate of drug-likeness (QED) is 0.576. The highest BCUT2D eigenvalue weighted by Crippen LogP contribution is 2.20. The molecule has 0 radical (unpaired) electrons. The van der Waals surface area contributed by atoms with Gasteiger partial charge in [-0.25, -0.2) is 0 Å². The van der Waals surface area contributed by atoms with Crippen LogP contribution < -0.4 is 10.1 Å². The summed E-state index contributed by atoms with van der Waals surface area (Å²) in [6, 6.07) is 15.2. The van der Waals surface area contributed by atoms with E-state index in [1.54, 1.807) is 12.1 Å². The maximum atomic E-state index is 12.7. The molecule has 7 heteroatoms. The van der Waals surface area contributed by atoms with E-state index in [0.29, 0.717) is 17.9 Å². The third-order valence-corrected chi connectivity index (χ3v) is 5.69. The van der Waals surface area contributed by atoms with E-state index in [1.165, 1.54) is 5.56 Å². The number of hydrogen-bond donors (Lipinski definition) is 1. The van der Waals surface area contributed by atoms with Crippen molar-refractivity contribution in [2.24, 2.45) is 0 Å². The normalized spacial score (nSPS) is 14.3. The summed E-state index contributed by atoms with van der Waals surface area (Å²) >= 11 is 0. The van der Waals surface area contributed by atoms with Crippen LogP contribution in [0.1, 0.15) is 32.9 Å². The summed E-state index contributed by atoms with van der Waals surface area (Å²) in [5.41, 5.74) is 4.30. The number of carbonyl (C=O) groups excluding carboxylic acids is 1. The van der Waals surface area contributed by atoms with Crippen LogP contribution in [0, 0.1) is 13.8 Å². The predicted molar refractivity (Wildman–Crippen MR) is 122 cm³/mol. The van der Waals surface area contributed by atoms with Crippen molar-refractivity contribution in [3.63, 3.8) is 0 Å². The second-order valence-corrected chi connectivity index (χ2v) is 7.97. The first kappa shape index (κ1) is 22.0. The number of morpholine rings is 1. The maximum absolute atomic E-state index is 12.7. The van der Waals surface area contributed by atoms with E-state index in [2.05, 4.69) is 27.5 Å². The molecule has 2 aromatic carbocycles. The standard InChI is InChI=1S/C25H29N3O4/c1-18-24(19(2)32-27-18)17-31-23-5-3-4-21(16-23)25(29)26-22-8-6-20(7-9-22)10-11-28-12-14-30-15-13-28/h3-9,16H,10-15,17H2,1-2H3,(H,26,29). The number of ether oxygens (including phenoxy) is 2. The molecule has 0 saturated carbocycles. The van der Waals surface area contributed by atoms with Crippen molar-refractivity contribution >= 4 is 11.6 Å². The van der Waals surface area contributed by atoms with Gasteiger partial charge < -0.3 is 19.3 Å². The van der Waals surface area contributed by atoms with Gasteiger partial charge in [-0.1, -0.05) is 23.4 Å². The van der Waals surface area contributed by atoms with E-state index >= 15 is 0 Å². The van der Waals surface area contributed by atoms with Crippen molar-refractivity contribution in [3.05, 3.63) is 76.7 Å². The average Bonchev–Trinajstić information content (AvgIpc) is 3.15. The van der Waals surface area contributed by atoms with Crippen molar-refractivity contribution < 1.29 is 18.8 Å². The molecule has 4 rings (SSSR count). The second-order valence-electron chi connectivity index (χ2n) is 7.97. The third kappa shape index (κ3) is 5.75. The highest BCUT2D eigenvalue weighted by atomic mass is 16.5. The first-order valence-corrected chi connectivity index (χ1v) is 10.9. The fourth-order valence-electron chi connectivity index (χ4n) is 3.66. The van der Waals surface area contributed by atoms with Crippen LogP contribution in [0.3, 0.4) is 0 Å². The Labute approximate surface area is 188 Å². The highest BCUT2D eigenvalue weighted by molar-refractivity contribution is 6.04. The van der Waals surface area contributed by atoms with Crippen LogP contribution in [0.2, 0.25) is 0 Å². The Morgan fingerprint density at radius 1 is 1.12 bits per heavy atom. The fraction of sp³-hybridized carbons (Fsp3) is 0.360. The summed E-state index contributed by atoms with van der Waals surface area (Å²) in [7, 11) is 0. The van der Waals surface area contributed by atoms with Gasteiger partial charge in [0.05, 0.1) is 24.5 Å². The first-order valence-electron chi connectivity index (χ1n) is 10.9. The molecule has 0 spiro atoms. The molecule has 0 unspecified atom stereocenters. The van der Waals surface area contributed by atoms with Crippen molar-refractivity contribution in [2.75, 3.05) is 38.2 Å². The summed E-state index contributed by atoms with van der Waals surface area (Å²) in [6.45, 7) is 8.73. The van der Waals surface area contributed by atoms with Crippen LogP contribution in [0.15, 0.2) is 53.1 Å². The zero-order valence-corrected chi connectivity index (χ0v) is 18.6. The third-order valence-electron chi connectivity index (χ3n) is 5.69. The number of nitrogens with zero attached hydrogens (tertiary/aromatic N) is 2. The lowest BCUT2D eigenvalue weighted by molar-refractivity contribution is 0.0384. The van der Waals surface area contributed by atoms with Crippen molar-refractivity contribution in [1.82, 2.24) is 10.1 Å². The molecule has 1 amide bonds. The number of anilines is 1. The van der Waals surface area contributed by atoms with E-state index in [1.807, 2.05) is 38.1 Å². The number of rotatable bonds is 8. The minimum atomic E-state index is -0.172. The summed E-state index contributed by atoms with van der Waals surface area (Å²) in [6.07, 6.45) is 0.985. The van der Waals surface area contributed by atoms with Crippen LogP contribution in [-0.4, -0.2) is 48.8 Å². The van der Waals surface area contributed by atoms with Gasteiger partial charge in [0.25, 0.3) is 5.91 Å². The molecule has 0 aliphatic carbocycles. The van der Waals surface area contributed by atoms with Gasteiger partial charge in [-0.2, -0.15) is 0 Å². The Bertz CT molecular complexity index is 1020. The summed E-state index contributed by atoms with van der Waals surface area (Å²) < 4.78 is 16.4. The molecular weight excluding hydrogens is 406 g/mol. The first-order chi connectivity index (χ1) is 15.6. The Balaban J connectivity index is 1.31. The van der Waals surface area contributed by atoms with E-state index < -0.39 is 0 Å². The minimum Gasteiger partial charge on any atom is -0.489 e. The highest BCUT2D eigenvalue weighted by Gasteiger charge is 2.12. The molecule has 1 saturated heterocycles. The van der Waals surface area contributed by atoms with Gasteiger partial charge >= 0.3 is 0 Å². The monoisotopic (exact) mass is 435 g/mol. The number of benzene rings is 2. The zero-order chi connectivity index (χ0) is 22.3. The van der Waals surface area contributed by atoms with E-state index in [0.717, 1.165) is 62.0 Å². The molecule has 32 heavy (non-hydrogen) atoms. The van der Waals surface area contributed by atoms with Gasteiger partial charge in [-0.05, 0) is 56.2 Å². The maximum Gasteiger partial charge on any atom is 0.255 e. The number of aryl methyl sites for hydroxylation is 2. The molecular formula is C25H29N3O4. The van der Waals surface area contributed by atoms with Crippen LogP contribution >= 0.6 is 0 Å². The van der Waals surface area contributed by atoms with Gasteiger partial charge in [-0.3, -0.25) is 9.69 Å². The lowest BCUT2D eigenvalue weighted by atomic mass is 10.1. The molecule has 1 aliphatic heterocycles. The molecule has 7 nitrogen and oxygen atoms in total. The molecule has 1 aromatic heterocycles. The number of aromatic nitrogens is 1. The Kier molecular flexibility index (Phi) is 7.19. The van der Waals surface area contributed by atoms with Crippen molar-refractivity contribution in [1.29, 1.82) is 0 Å². The van der Waals surface area contributed by atoms with Gasteiger partial charge in [0.15, 0.2) is 0 Å². The minimum absolute atomic E-state index is 0.172. The molecule has 2 heterocycles. The SMILES string of the molecule is Cc1noc(C)c1COc1cccc(C(=O)Nc2ccc(CCN3CCOCC3)cc2)c1. The largest absolute Gasteiger partial charge is 0.489 e. The zero-order valence-electron chi connectivity index (χ0n) is 18.6. The van der Waals surface area contributed by atoms with Gasteiger partial charge in [-0.15, -0.1) is 0 Å². The van der Waals surface area contributed by atoms with Crippen molar-refractivity contribution in [3.8, 4) is 5.75 Å². The average molecular weight is 436 g/mol. The van der Waals surface area contributed by atoms with E-state index in [-0.39, 0.29) is 5.91 Å². The lowest BCUT2D eigenvalue weighted by Gasteiger charge is -2.26. The summed E-state index contributed by atoms with van der Waals surface area (Å²) in [5.74, 6) is 1.19. The predicted octanol–water partition coefficient (Wildman–Crippen LogP) is 4.00. The molecule has 3 aromatic rings. The molecule has 1 aliphatic rings. The van der Waals surface area contributed by atoms with E-state index in [9.17, 15) is 4.79 Å². The lowest BCUT2D eigenvalue weighted by Crippen LogP contribution is -2.37. The second kappa shape index (κ2) is 10.4. The van der Waals surface area contributed by atoms with Crippen LogP contribution in [-0.2, 0) is 17.8 Å². The Hall–Kier alpha value is -3.16. The number of hydrogen-bond acceptors (Lipinski definition) is 6. The molecule has 0 bridgehead atoms. The van der Waals surface area contributed by atoms with Crippen LogP contribution in [0.25, 0.3) is 0 Å². The van der Waals surface area contributed by atoms with Gasteiger partial charge in [0.2, 0.25) is 0 Å². The topological polar surface area (TPSA) is 76.8 Å². The number of amides is 1. The molecule has 1 fully saturated rings.